The highest BCUT2D eigenvalue weighted by atomic mass is 32.2. The van der Waals surface area contributed by atoms with Crippen molar-refractivity contribution < 1.29 is 19.5 Å². The molecule has 1 aromatic heterocycles. The maximum atomic E-state index is 11.5. The summed E-state index contributed by atoms with van der Waals surface area (Å²) < 4.78 is 0. The molecule has 1 aliphatic carbocycles. The van der Waals surface area contributed by atoms with Crippen molar-refractivity contribution >= 4 is 29.7 Å². The summed E-state index contributed by atoms with van der Waals surface area (Å²) in [5, 5.41) is 14.1. The number of hydrogen-bond acceptors (Lipinski definition) is 5. The number of pyridine rings is 1. The van der Waals surface area contributed by atoms with E-state index in [4.69, 9.17) is 5.11 Å². The monoisotopic (exact) mass is 295 g/mol. The lowest BCUT2D eigenvalue weighted by molar-refractivity contribution is -0.117. The van der Waals surface area contributed by atoms with Gasteiger partial charge in [-0.15, -0.1) is 0 Å². The van der Waals surface area contributed by atoms with Crippen LogP contribution in [0, 0.1) is 0 Å². The summed E-state index contributed by atoms with van der Waals surface area (Å²) in [6.45, 7) is 0. The second-order valence-electron chi connectivity index (χ2n) is 4.27. The Morgan fingerprint density at radius 1 is 1.40 bits per heavy atom. The van der Waals surface area contributed by atoms with E-state index in [1.54, 1.807) is 0 Å². The summed E-state index contributed by atoms with van der Waals surface area (Å²) in [6, 6.07) is 2.44. The number of nitrogens with one attached hydrogen (secondary N) is 2. The second-order valence-corrected chi connectivity index (χ2v) is 5.27. The number of imide groups is 1. The normalized spacial score (nSPS) is 13.6. The first-order chi connectivity index (χ1) is 9.54. The van der Waals surface area contributed by atoms with E-state index >= 15 is 0 Å². The van der Waals surface area contributed by atoms with Crippen molar-refractivity contribution in [1.82, 2.24) is 15.6 Å². The number of nitrogens with zero attached hydrogens (tertiary/aromatic N) is 1. The fourth-order valence-electron chi connectivity index (χ4n) is 1.37. The summed E-state index contributed by atoms with van der Waals surface area (Å²) in [4.78, 5) is 37.6. The Morgan fingerprint density at radius 2 is 2.15 bits per heavy atom. The van der Waals surface area contributed by atoms with E-state index < -0.39 is 17.9 Å². The van der Waals surface area contributed by atoms with Gasteiger partial charge in [-0.05, 0) is 25.0 Å². The molecule has 0 spiro atoms. The first kappa shape index (κ1) is 14.3. The molecule has 20 heavy (non-hydrogen) atoms. The minimum atomic E-state index is -1.05. The van der Waals surface area contributed by atoms with Gasteiger partial charge >= 0.3 is 12.0 Å². The minimum absolute atomic E-state index is 0.00579. The number of thioether (sulfide) groups is 1. The molecule has 3 amide bonds. The van der Waals surface area contributed by atoms with E-state index in [1.807, 2.05) is 0 Å². The maximum Gasteiger partial charge on any atom is 0.335 e. The van der Waals surface area contributed by atoms with Gasteiger partial charge in [-0.3, -0.25) is 10.1 Å². The lowest BCUT2D eigenvalue weighted by atomic mass is 10.3. The largest absolute Gasteiger partial charge is 0.478 e. The molecule has 1 aliphatic rings. The molecule has 2 rings (SSSR count). The van der Waals surface area contributed by atoms with Gasteiger partial charge in [0.25, 0.3) is 0 Å². The molecule has 0 saturated heterocycles. The van der Waals surface area contributed by atoms with Crippen LogP contribution in [0.4, 0.5) is 4.79 Å². The van der Waals surface area contributed by atoms with Crippen molar-refractivity contribution in [2.24, 2.45) is 0 Å². The van der Waals surface area contributed by atoms with Gasteiger partial charge < -0.3 is 10.4 Å². The number of aromatic nitrogens is 1. The Bertz CT molecular complexity index is 545. The smallest absolute Gasteiger partial charge is 0.335 e. The number of rotatable bonds is 5. The highest BCUT2D eigenvalue weighted by Gasteiger charge is 2.23. The molecule has 1 fully saturated rings. The van der Waals surface area contributed by atoms with Gasteiger partial charge in [-0.1, -0.05) is 11.8 Å². The number of hydrogen-bond donors (Lipinski definition) is 3. The van der Waals surface area contributed by atoms with Crippen LogP contribution in [0.25, 0.3) is 0 Å². The van der Waals surface area contributed by atoms with Crippen molar-refractivity contribution in [2.75, 3.05) is 5.75 Å². The number of carbonyl (C=O) groups excluding carboxylic acids is 2. The zero-order valence-electron chi connectivity index (χ0n) is 10.5. The maximum absolute atomic E-state index is 11.5. The molecule has 7 nitrogen and oxygen atoms in total. The number of urea groups is 1. The predicted octanol–water partition coefficient (Wildman–Crippen LogP) is 0.860. The Hall–Kier alpha value is -2.09. The third kappa shape index (κ3) is 4.54. The third-order valence-corrected chi connectivity index (χ3v) is 3.42. The third-order valence-electron chi connectivity index (χ3n) is 2.50. The Morgan fingerprint density at radius 3 is 2.80 bits per heavy atom. The zero-order chi connectivity index (χ0) is 14.5. The van der Waals surface area contributed by atoms with Crippen LogP contribution < -0.4 is 10.6 Å². The summed E-state index contributed by atoms with van der Waals surface area (Å²) in [5.41, 5.74) is 0.106. The van der Waals surface area contributed by atoms with E-state index in [1.165, 1.54) is 18.3 Å². The lowest BCUT2D eigenvalue weighted by Crippen LogP contribution is -2.41. The average Bonchev–Trinajstić information content (AvgIpc) is 3.20. The second kappa shape index (κ2) is 6.38. The van der Waals surface area contributed by atoms with E-state index in [9.17, 15) is 14.4 Å². The van der Waals surface area contributed by atoms with Crippen LogP contribution in [-0.2, 0) is 4.79 Å². The van der Waals surface area contributed by atoms with E-state index in [-0.39, 0.29) is 17.4 Å². The molecule has 8 heteroatoms. The van der Waals surface area contributed by atoms with Crippen molar-refractivity contribution in [3.63, 3.8) is 0 Å². The van der Waals surface area contributed by atoms with Crippen molar-refractivity contribution in [2.45, 2.75) is 23.9 Å². The van der Waals surface area contributed by atoms with Crippen LogP contribution in [0.1, 0.15) is 23.2 Å². The molecule has 0 atom stereocenters. The average molecular weight is 295 g/mol. The SMILES string of the molecule is O=C(CSc1cc(C(=O)O)ccn1)NC(=O)NC1CC1. The molecule has 0 radical (unpaired) electrons. The summed E-state index contributed by atoms with van der Waals surface area (Å²) in [6.07, 6.45) is 3.26. The number of carboxylic acid groups (broad SMARTS) is 1. The highest BCUT2D eigenvalue weighted by molar-refractivity contribution is 7.99. The van der Waals surface area contributed by atoms with Crippen LogP contribution in [0.15, 0.2) is 23.4 Å². The molecule has 0 aliphatic heterocycles. The van der Waals surface area contributed by atoms with Gasteiger partial charge in [-0.2, -0.15) is 0 Å². The predicted molar refractivity (Wildman–Crippen MR) is 71.6 cm³/mol. The van der Waals surface area contributed by atoms with Crippen LogP contribution >= 0.6 is 11.8 Å². The van der Waals surface area contributed by atoms with Gasteiger partial charge in [0.15, 0.2) is 0 Å². The van der Waals surface area contributed by atoms with Crippen molar-refractivity contribution in [3.05, 3.63) is 23.9 Å². The number of carbonyl (C=O) groups is 3. The summed E-state index contributed by atoms with van der Waals surface area (Å²) >= 11 is 1.07. The molecular formula is C12H13N3O4S. The van der Waals surface area contributed by atoms with E-state index in [2.05, 4.69) is 15.6 Å². The molecular weight excluding hydrogens is 282 g/mol. The van der Waals surface area contributed by atoms with Crippen LogP contribution in [0.3, 0.4) is 0 Å². The molecule has 0 bridgehead atoms. The standard InChI is InChI=1S/C12H13N3O4S/c16-9(15-12(19)14-8-1-2-8)6-20-10-5-7(11(17)18)3-4-13-10/h3-5,8H,1-2,6H2,(H,17,18)(H2,14,15,16,19). The van der Waals surface area contributed by atoms with Crippen LogP contribution in [0.5, 0.6) is 0 Å². The summed E-state index contributed by atoms with van der Waals surface area (Å²) in [7, 11) is 0. The van der Waals surface area contributed by atoms with Gasteiger partial charge in [0.1, 0.15) is 0 Å². The molecule has 1 heterocycles. The van der Waals surface area contributed by atoms with Gasteiger partial charge in [0.05, 0.1) is 16.3 Å². The van der Waals surface area contributed by atoms with Gasteiger partial charge in [0, 0.05) is 12.2 Å². The Balaban J connectivity index is 1.78. The van der Waals surface area contributed by atoms with Crippen molar-refractivity contribution in [1.29, 1.82) is 0 Å². The lowest BCUT2D eigenvalue weighted by Gasteiger charge is -2.05. The molecule has 0 aromatic carbocycles. The fraction of sp³-hybridized carbons (Fsp3) is 0.333. The van der Waals surface area contributed by atoms with Crippen molar-refractivity contribution in [3.8, 4) is 0 Å². The Labute approximate surface area is 119 Å². The van der Waals surface area contributed by atoms with Crippen LogP contribution in [0.2, 0.25) is 0 Å². The van der Waals surface area contributed by atoms with Crippen LogP contribution in [-0.4, -0.2) is 39.8 Å². The van der Waals surface area contributed by atoms with Gasteiger partial charge in [0.2, 0.25) is 5.91 Å². The minimum Gasteiger partial charge on any atom is -0.478 e. The highest BCUT2D eigenvalue weighted by Crippen LogP contribution is 2.18. The number of carboxylic acids is 1. The molecule has 1 aromatic rings. The first-order valence-electron chi connectivity index (χ1n) is 5.97. The molecule has 3 N–H and O–H groups in total. The first-order valence-corrected chi connectivity index (χ1v) is 6.95. The number of amides is 3. The molecule has 106 valence electrons. The molecule has 1 saturated carbocycles. The van der Waals surface area contributed by atoms with E-state index in [0.717, 1.165) is 24.6 Å². The summed E-state index contributed by atoms with van der Waals surface area (Å²) in [5.74, 6) is -1.51. The number of aromatic carboxylic acids is 1. The Kier molecular flexibility index (Phi) is 4.57. The quantitative estimate of drug-likeness (QED) is 0.695. The molecule has 0 unspecified atom stereocenters. The fourth-order valence-corrected chi connectivity index (χ4v) is 2.07. The topological polar surface area (TPSA) is 108 Å². The van der Waals surface area contributed by atoms with E-state index in [0.29, 0.717) is 5.03 Å². The van der Waals surface area contributed by atoms with Gasteiger partial charge in [-0.25, -0.2) is 14.6 Å². The zero-order valence-corrected chi connectivity index (χ0v) is 11.3.